The second-order valence-corrected chi connectivity index (χ2v) is 7.46. The summed E-state index contributed by atoms with van der Waals surface area (Å²) in [5, 5.41) is 5.29. The molecule has 0 fully saturated rings. The Morgan fingerprint density at radius 2 is 1.29 bits per heavy atom. The Hall–Kier alpha value is -1.62. The number of thioether (sulfide) groups is 2. The number of carbonyl (C=O) groups is 2. The molecule has 0 saturated carbocycles. The number of thiocarbonyl (C=S) groups is 2. The minimum Gasteiger partial charge on any atom is -0.460 e. The van der Waals surface area contributed by atoms with E-state index in [2.05, 4.69) is 10.6 Å². The van der Waals surface area contributed by atoms with Crippen molar-refractivity contribution < 1.29 is 18.4 Å². The van der Waals surface area contributed by atoms with Crippen LogP contribution in [0.1, 0.15) is 21.1 Å². The van der Waals surface area contributed by atoms with Crippen LogP contribution in [-0.4, -0.2) is 32.0 Å². The first-order valence-electron chi connectivity index (χ1n) is 6.63. The average Bonchev–Trinajstić information content (AvgIpc) is 3.24. The molecule has 0 bridgehead atoms. The molecule has 0 aliphatic heterocycles. The smallest absolute Gasteiger partial charge is 0.261 e. The molecule has 2 aromatic rings. The van der Waals surface area contributed by atoms with E-state index in [0.29, 0.717) is 21.7 Å². The van der Waals surface area contributed by atoms with Crippen molar-refractivity contribution in [1.82, 2.24) is 10.6 Å². The summed E-state index contributed by atoms with van der Waals surface area (Å²) < 4.78 is 10.7. The predicted molar refractivity (Wildman–Crippen MR) is 102 cm³/mol. The van der Waals surface area contributed by atoms with Crippen molar-refractivity contribution in [3.05, 3.63) is 48.3 Å². The standard InChI is InChI=1S/C14H12N2O4S4/c17-11(9-3-1-7-19-9)23-13(21)15-5-6-16-14(22)24-12(18)10-4-2-8-20-10/h1-4,7-8H,5-6H2,(H,15,21)(H,16,22). The minimum atomic E-state index is -0.263. The lowest BCUT2D eigenvalue weighted by atomic mass is 10.5. The van der Waals surface area contributed by atoms with Crippen molar-refractivity contribution in [3.63, 3.8) is 0 Å². The Morgan fingerprint density at radius 3 is 1.62 bits per heavy atom. The summed E-state index contributed by atoms with van der Waals surface area (Å²) in [6.45, 7) is 0.903. The highest BCUT2D eigenvalue weighted by atomic mass is 32.2. The Bertz CT molecular complexity index is 651. The maximum Gasteiger partial charge on any atom is 0.261 e. The lowest BCUT2D eigenvalue weighted by Gasteiger charge is -2.08. The molecule has 0 atom stereocenters. The number of carbonyl (C=O) groups excluding carboxylic acids is 2. The molecule has 0 aliphatic carbocycles. The van der Waals surface area contributed by atoms with Crippen LogP contribution >= 0.6 is 48.0 Å². The summed E-state index contributed by atoms with van der Waals surface area (Å²) in [5.41, 5.74) is 0. The summed E-state index contributed by atoms with van der Waals surface area (Å²) in [6, 6.07) is 6.42. The van der Waals surface area contributed by atoms with Crippen LogP contribution in [0.4, 0.5) is 0 Å². The van der Waals surface area contributed by atoms with Gasteiger partial charge in [0.2, 0.25) is 0 Å². The molecule has 0 aliphatic rings. The zero-order valence-electron chi connectivity index (χ0n) is 12.1. The summed E-state index contributed by atoms with van der Waals surface area (Å²) in [6.07, 6.45) is 2.85. The van der Waals surface area contributed by atoms with Gasteiger partial charge in [-0.3, -0.25) is 9.59 Å². The van der Waals surface area contributed by atoms with Crippen molar-refractivity contribution in [2.24, 2.45) is 0 Å². The van der Waals surface area contributed by atoms with E-state index in [-0.39, 0.29) is 21.8 Å². The van der Waals surface area contributed by atoms with Crippen molar-refractivity contribution in [2.45, 2.75) is 0 Å². The van der Waals surface area contributed by atoms with E-state index in [4.69, 9.17) is 33.3 Å². The Morgan fingerprint density at radius 1 is 0.875 bits per heavy atom. The Balaban J connectivity index is 1.60. The molecule has 6 nitrogen and oxygen atoms in total. The molecule has 2 rings (SSSR count). The van der Waals surface area contributed by atoms with Gasteiger partial charge in [0.25, 0.3) is 10.2 Å². The van der Waals surface area contributed by atoms with E-state index in [1.165, 1.54) is 12.5 Å². The molecule has 0 amide bonds. The van der Waals surface area contributed by atoms with Gasteiger partial charge in [0, 0.05) is 13.1 Å². The number of hydrogen-bond acceptors (Lipinski definition) is 8. The van der Waals surface area contributed by atoms with E-state index in [0.717, 1.165) is 23.5 Å². The van der Waals surface area contributed by atoms with Crippen LogP contribution in [0.15, 0.2) is 45.6 Å². The monoisotopic (exact) mass is 400 g/mol. The van der Waals surface area contributed by atoms with Gasteiger partial charge in [0.15, 0.2) is 11.5 Å². The van der Waals surface area contributed by atoms with Crippen LogP contribution in [-0.2, 0) is 0 Å². The van der Waals surface area contributed by atoms with Gasteiger partial charge in [-0.15, -0.1) is 0 Å². The largest absolute Gasteiger partial charge is 0.460 e. The fraction of sp³-hybridized carbons (Fsp3) is 0.143. The van der Waals surface area contributed by atoms with Crippen LogP contribution in [0.3, 0.4) is 0 Å². The Kier molecular flexibility index (Phi) is 7.50. The first kappa shape index (κ1) is 18.7. The third kappa shape index (κ3) is 6.11. The molecule has 10 heteroatoms. The van der Waals surface area contributed by atoms with Crippen molar-refractivity contribution in [2.75, 3.05) is 13.1 Å². The summed E-state index contributed by atoms with van der Waals surface area (Å²) in [4.78, 5) is 23.5. The number of hydrogen-bond donors (Lipinski definition) is 2. The molecule has 2 heterocycles. The lowest BCUT2D eigenvalue weighted by Crippen LogP contribution is -2.32. The van der Waals surface area contributed by atoms with Gasteiger partial charge in [-0.05, 0) is 47.8 Å². The quantitative estimate of drug-likeness (QED) is 0.577. The summed E-state index contributed by atoms with van der Waals surface area (Å²) >= 11 is 11.9. The van der Waals surface area contributed by atoms with Crippen LogP contribution in [0.5, 0.6) is 0 Å². The van der Waals surface area contributed by atoms with Gasteiger partial charge < -0.3 is 19.5 Å². The highest BCUT2D eigenvalue weighted by Crippen LogP contribution is 2.14. The topological polar surface area (TPSA) is 84.5 Å². The van der Waals surface area contributed by atoms with Crippen LogP contribution in [0, 0.1) is 0 Å². The highest BCUT2D eigenvalue weighted by molar-refractivity contribution is 8.33. The predicted octanol–water partition coefficient (Wildman–Crippen LogP) is 3.07. The molecule has 2 N–H and O–H groups in total. The zero-order valence-corrected chi connectivity index (χ0v) is 15.4. The first-order chi connectivity index (χ1) is 11.6. The number of furan rings is 2. The van der Waals surface area contributed by atoms with E-state index in [1.54, 1.807) is 24.3 Å². The van der Waals surface area contributed by atoms with Crippen molar-refractivity contribution >= 4 is 66.8 Å². The van der Waals surface area contributed by atoms with Gasteiger partial charge >= 0.3 is 0 Å². The molecule has 0 unspecified atom stereocenters. The number of rotatable bonds is 5. The average molecular weight is 401 g/mol. The fourth-order valence-electron chi connectivity index (χ4n) is 1.46. The zero-order chi connectivity index (χ0) is 17.4. The molecule has 0 radical (unpaired) electrons. The van der Waals surface area contributed by atoms with Gasteiger partial charge in [0.05, 0.1) is 12.5 Å². The van der Waals surface area contributed by atoms with E-state index in [1.807, 2.05) is 0 Å². The van der Waals surface area contributed by atoms with Crippen LogP contribution in [0.2, 0.25) is 0 Å². The minimum absolute atomic E-state index is 0.247. The molecular weight excluding hydrogens is 388 g/mol. The second kappa shape index (κ2) is 9.62. The normalized spacial score (nSPS) is 10.2. The van der Waals surface area contributed by atoms with Gasteiger partial charge in [0.1, 0.15) is 8.64 Å². The third-order valence-electron chi connectivity index (χ3n) is 2.48. The molecule has 0 saturated heterocycles. The maximum absolute atomic E-state index is 11.7. The van der Waals surface area contributed by atoms with E-state index in [9.17, 15) is 9.59 Å². The lowest BCUT2D eigenvalue weighted by molar-refractivity contribution is 0.105. The summed E-state index contributed by atoms with van der Waals surface area (Å²) in [5.74, 6) is 0.493. The molecule has 0 aromatic carbocycles. The first-order valence-corrected chi connectivity index (χ1v) is 9.08. The second-order valence-electron chi connectivity index (χ2n) is 4.16. The SMILES string of the molecule is O=C(SC(=S)NCCNC(=S)SC(=O)c1ccco1)c1ccco1. The maximum atomic E-state index is 11.7. The Labute approximate surface area is 157 Å². The summed E-state index contributed by atoms with van der Waals surface area (Å²) in [7, 11) is 0. The fourth-order valence-corrected chi connectivity index (χ4v) is 3.24. The van der Waals surface area contributed by atoms with Crippen LogP contribution in [0.25, 0.3) is 0 Å². The van der Waals surface area contributed by atoms with Crippen molar-refractivity contribution in [1.29, 1.82) is 0 Å². The number of nitrogens with one attached hydrogen (secondary N) is 2. The van der Waals surface area contributed by atoms with E-state index < -0.39 is 0 Å². The third-order valence-corrected chi connectivity index (χ3v) is 4.70. The molecule has 126 valence electrons. The van der Waals surface area contributed by atoms with Crippen LogP contribution < -0.4 is 10.6 Å². The molecule has 0 spiro atoms. The van der Waals surface area contributed by atoms with Gasteiger partial charge in [-0.2, -0.15) is 0 Å². The molecule has 24 heavy (non-hydrogen) atoms. The molecule has 2 aromatic heterocycles. The van der Waals surface area contributed by atoms with Crippen molar-refractivity contribution in [3.8, 4) is 0 Å². The molecular formula is C14H12N2O4S4. The van der Waals surface area contributed by atoms with Gasteiger partial charge in [-0.25, -0.2) is 0 Å². The van der Waals surface area contributed by atoms with E-state index >= 15 is 0 Å². The van der Waals surface area contributed by atoms with Gasteiger partial charge in [-0.1, -0.05) is 24.4 Å². The highest BCUT2D eigenvalue weighted by Gasteiger charge is 2.13.